The Balaban J connectivity index is 1.55. The first-order valence-corrected chi connectivity index (χ1v) is 9.20. The molecule has 0 fully saturated rings. The molecule has 28 heavy (non-hydrogen) atoms. The number of tetrazole rings is 1. The van der Waals surface area contributed by atoms with E-state index in [-0.39, 0.29) is 16.9 Å². The van der Waals surface area contributed by atoms with E-state index in [1.165, 1.54) is 34.6 Å². The summed E-state index contributed by atoms with van der Waals surface area (Å²) in [7, 11) is 0. The Labute approximate surface area is 162 Å². The topological polar surface area (TPSA) is 82.5 Å². The third kappa shape index (κ3) is 3.63. The molecule has 2 aromatic carbocycles. The Morgan fingerprint density at radius 3 is 2.79 bits per heavy atom. The first-order valence-electron chi connectivity index (χ1n) is 8.32. The molecular formula is C18H14F2N6OS. The zero-order chi connectivity index (χ0) is 19.7. The predicted octanol–water partition coefficient (Wildman–Crippen LogP) is 4.15. The van der Waals surface area contributed by atoms with Crippen LogP contribution in [0.25, 0.3) is 17.1 Å². The van der Waals surface area contributed by atoms with Gasteiger partial charge in [0.1, 0.15) is 11.6 Å². The van der Waals surface area contributed by atoms with Crippen molar-refractivity contribution in [3.8, 4) is 17.1 Å². The summed E-state index contributed by atoms with van der Waals surface area (Å²) >= 11 is 1.28. The maximum Gasteiger partial charge on any atom is 0.240 e. The Morgan fingerprint density at radius 1 is 1.14 bits per heavy atom. The van der Waals surface area contributed by atoms with Gasteiger partial charge < -0.3 is 4.52 Å². The van der Waals surface area contributed by atoms with Crippen molar-refractivity contribution >= 4 is 11.8 Å². The number of thioether (sulfide) groups is 1. The summed E-state index contributed by atoms with van der Waals surface area (Å²) in [6.07, 6.45) is 0. The zero-order valence-electron chi connectivity index (χ0n) is 14.9. The highest BCUT2D eigenvalue weighted by Gasteiger charge is 2.21. The number of aromatic nitrogens is 6. The average molecular weight is 400 g/mol. The minimum Gasteiger partial charge on any atom is -0.338 e. The summed E-state index contributed by atoms with van der Waals surface area (Å²) in [5.41, 5.74) is 1.57. The van der Waals surface area contributed by atoms with Gasteiger partial charge in [0, 0.05) is 5.56 Å². The van der Waals surface area contributed by atoms with Crippen LogP contribution in [0.3, 0.4) is 0 Å². The van der Waals surface area contributed by atoms with Crippen molar-refractivity contribution < 1.29 is 13.3 Å². The van der Waals surface area contributed by atoms with E-state index in [1.54, 1.807) is 31.2 Å². The highest BCUT2D eigenvalue weighted by Crippen LogP contribution is 2.34. The van der Waals surface area contributed by atoms with Gasteiger partial charge in [-0.3, -0.25) is 0 Å². The molecule has 0 bridgehead atoms. The van der Waals surface area contributed by atoms with Gasteiger partial charge in [-0.15, -0.1) is 5.10 Å². The van der Waals surface area contributed by atoms with Crippen LogP contribution in [0.5, 0.6) is 0 Å². The second-order valence-electron chi connectivity index (χ2n) is 6.03. The number of aryl methyl sites for hydroxylation is 1. The van der Waals surface area contributed by atoms with Crippen molar-refractivity contribution in [1.82, 2.24) is 30.3 Å². The van der Waals surface area contributed by atoms with E-state index in [2.05, 4.69) is 25.7 Å². The SMILES string of the molecule is Cc1ccc(-c2noc(C(C)Sc3nnnn3-c3cccc(F)c3)n2)cc1F. The Kier molecular flexibility index (Phi) is 4.86. The molecule has 2 heterocycles. The number of rotatable bonds is 5. The molecule has 4 rings (SSSR count). The third-order valence-electron chi connectivity index (χ3n) is 4.00. The van der Waals surface area contributed by atoms with Crippen molar-refractivity contribution in [2.24, 2.45) is 0 Å². The van der Waals surface area contributed by atoms with E-state index in [4.69, 9.17) is 4.52 Å². The molecule has 0 aliphatic rings. The quantitative estimate of drug-likeness (QED) is 0.465. The standard InChI is InChI=1S/C18H14F2N6OS/c1-10-6-7-12(8-15(10)20)16-21-17(27-23-16)11(2)28-18-22-24-25-26(18)14-5-3-4-13(19)9-14/h3-9,11H,1-2H3. The van der Waals surface area contributed by atoms with Crippen LogP contribution in [0.2, 0.25) is 0 Å². The third-order valence-corrected chi connectivity index (χ3v) is 5.02. The maximum atomic E-state index is 13.8. The minimum atomic E-state index is -0.385. The van der Waals surface area contributed by atoms with Gasteiger partial charge in [-0.25, -0.2) is 8.78 Å². The molecule has 0 saturated carbocycles. The molecule has 0 amide bonds. The van der Waals surface area contributed by atoms with E-state index in [0.717, 1.165) is 0 Å². The van der Waals surface area contributed by atoms with Gasteiger partial charge in [-0.05, 0) is 54.1 Å². The predicted molar refractivity (Wildman–Crippen MR) is 97.8 cm³/mol. The molecule has 4 aromatic rings. The number of benzene rings is 2. The van der Waals surface area contributed by atoms with Crippen LogP contribution >= 0.6 is 11.8 Å². The lowest BCUT2D eigenvalue weighted by atomic mass is 10.1. The molecular weight excluding hydrogens is 386 g/mol. The monoisotopic (exact) mass is 400 g/mol. The summed E-state index contributed by atoms with van der Waals surface area (Å²) in [4.78, 5) is 4.35. The van der Waals surface area contributed by atoms with Crippen LogP contribution in [0.4, 0.5) is 8.78 Å². The average Bonchev–Trinajstić information content (AvgIpc) is 3.33. The summed E-state index contributed by atoms with van der Waals surface area (Å²) in [6, 6.07) is 10.7. The van der Waals surface area contributed by atoms with Crippen molar-refractivity contribution in [2.45, 2.75) is 24.3 Å². The fourth-order valence-corrected chi connectivity index (χ4v) is 3.32. The number of hydrogen-bond donors (Lipinski definition) is 0. The second kappa shape index (κ2) is 7.47. The molecule has 2 aromatic heterocycles. The van der Waals surface area contributed by atoms with Gasteiger partial charge in [0.05, 0.1) is 10.9 Å². The second-order valence-corrected chi connectivity index (χ2v) is 7.34. The number of nitrogens with zero attached hydrogens (tertiary/aromatic N) is 6. The molecule has 7 nitrogen and oxygen atoms in total. The molecule has 0 saturated heterocycles. The fraction of sp³-hybridized carbons (Fsp3) is 0.167. The van der Waals surface area contributed by atoms with Gasteiger partial charge in [0.25, 0.3) is 0 Å². The summed E-state index contributed by atoms with van der Waals surface area (Å²) in [6.45, 7) is 3.53. The maximum absolute atomic E-state index is 13.8. The lowest BCUT2D eigenvalue weighted by Crippen LogP contribution is -2.01. The molecule has 0 aliphatic heterocycles. The van der Waals surface area contributed by atoms with Gasteiger partial charge in [0.15, 0.2) is 0 Å². The normalized spacial score (nSPS) is 12.3. The first-order chi connectivity index (χ1) is 13.5. The highest BCUT2D eigenvalue weighted by molar-refractivity contribution is 7.99. The van der Waals surface area contributed by atoms with E-state index < -0.39 is 0 Å². The molecule has 0 radical (unpaired) electrons. The van der Waals surface area contributed by atoms with Crippen molar-refractivity contribution in [3.05, 3.63) is 65.6 Å². The van der Waals surface area contributed by atoms with E-state index in [0.29, 0.717) is 33.7 Å². The molecule has 142 valence electrons. The van der Waals surface area contributed by atoms with Crippen LogP contribution in [0, 0.1) is 18.6 Å². The van der Waals surface area contributed by atoms with Crippen LogP contribution in [0.15, 0.2) is 52.1 Å². The Morgan fingerprint density at radius 2 is 2.00 bits per heavy atom. The van der Waals surface area contributed by atoms with Gasteiger partial charge in [-0.1, -0.05) is 35.1 Å². The van der Waals surface area contributed by atoms with Crippen LogP contribution in [-0.2, 0) is 0 Å². The van der Waals surface area contributed by atoms with E-state index in [9.17, 15) is 8.78 Å². The molecule has 0 spiro atoms. The number of halogens is 2. The van der Waals surface area contributed by atoms with Crippen molar-refractivity contribution in [1.29, 1.82) is 0 Å². The minimum absolute atomic E-state index is 0.283. The number of hydrogen-bond acceptors (Lipinski definition) is 7. The molecule has 0 aliphatic carbocycles. The van der Waals surface area contributed by atoms with Crippen LogP contribution < -0.4 is 0 Å². The van der Waals surface area contributed by atoms with Gasteiger partial charge in [-0.2, -0.15) is 9.67 Å². The largest absolute Gasteiger partial charge is 0.338 e. The first kappa shape index (κ1) is 18.2. The molecule has 10 heteroatoms. The summed E-state index contributed by atoms with van der Waals surface area (Å²) in [5.74, 6) is -0.0785. The van der Waals surface area contributed by atoms with E-state index in [1.807, 2.05) is 6.92 Å². The zero-order valence-corrected chi connectivity index (χ0v) is 15.7. The molecule has 1 unspecified atom stereocenters. The van der Waals surface area contributed by atoms with Crippen molar-refractivity contribution in [3.63, 3.8) is 0 Å². The van der Waals surface area contributed by atoms with E-state index >= 15 is 0 Å². The van der Waals surface area contributed by atoms with Crippen molar-refractivity contribution in [2.75, 3.05) is 0 Å². The lowest BCUT2D eigenvalue weighted by Gasteiger charge is -2.07. The van der Waals surface area contributed by atoms with Gasteiger partial charge in [0.2, 0.25) is 16.9 Å². The molecule has 0 N–H and O–H groups in total. The highest BCUT2D eigenvalue weighted by atomic mass is 32.2. The summed E-state index contributed by atoms with van der Waals surface area (Å²) < 4.78 is 34.0. The van der Waals surface area contributed by atoms with Crippen LogP contribution in [0.1, 0.15) is 23.6 Å². The van der Waals surface area contributed by atoms with Crippen LogP contribution in [-0.4, -0.2) is 30.3 Å². The Bertz CT molecular complexity index is 1130. The smallest absolute Gasteiger partial charge is 0.240 e. The fourth-order valence-electron chi connectivity index (χ4n) is 2.48. The summed E-state index contributed by atoms with van der Waals surface area (Å²) in [5, 5.41) is 15.6. The molecule has 1 atom stereocenters. The lowest BCUT2D eigenvalue weighted by molar-refractivity contribution is 0.380. The van der Waals surface area contributed by atoms with Gasteiger partial charge >= 0.3 is 0 Å². The Hall–Kier alpha value is -3.14.